The molecule has 6 nitrogen and oxygen atoms in total. The van der Waals surface area contributed by atoms with Gasteiger partial charge in [-0.1, -0.05) is 28.1 Å². The van der Waals surface area contributed by atoms with E-state index in [1.54, 1.807) is 24.3 Å². The minimum absolute atomic E-state index is 0.0996. The number of anilines is 1. The molecule has 1 saturated heterocycles. The van der Waals surface area contributed by atoms with Gasteiger partial charge in [-0.3, -0.25) is 4.79 Å². The Kier molecular flexibility index (Phi) is 6.97. The van der Waals surface area contributed by atoms with Gasteiger partial charge >= 0.3 is 0 Å². The molecule has 1 heterocycles. The standard InChI is InChI=1S/C21H26BrN3O3S/c1-24(2)19-9-5-16(6-10-19)14-23-21(26)17-4-3-13-25(15-17)29(27,28)20-11-7-18(22)8-12-20/h5-12,17H,3-4,13-15H2,1-2H3,(H,23,26). The van der Waals surface area contributed by atoms with Crippen molar-refractivity contribution in [1.29, 1.82) is 0 Å². The highest BCUT2D eigenvalue weighted by Crippen LogP contribution is 2.25. The first-order valence-corrected chi connectivity index (χ1v) is 11.8. The molecule has 1 amide bonds. The average molecular weight is 480 g/mol. The summed E-state index contributed by atoms with van der Waals surface area (Å²) in [5.74, 6) is -0.438. The topological polar surface area (TPSA) is 69.7 Å². The summed E-state index contributed by atoms with van der Waals surface area (Å²) >= 11 is 3.32. The van der Waals surface area contributed by atoms with Crippen LogP contribution in [0.25, 0.3) is 0 Å². The second-order valence-corrected chi connectivity index (χ2v) is 10.3. The summed E-state index contributed by atoms with van der Waals surface area (Å²) in [4.78, 5) is 14.9. The number of hydrogen-bond donors (Lipinski definition) is 1. The van der Waals surface area contributed by atoms with Gasteiger partial charge in [-0.2, -0.15) is 4.31 Å². The molecule has 0 aliphatic carbocycles. The van der Waals surface area contributed by atoms with E-state index in [9.17, 15) is 13.2 Å². The number of nitrogens with zero attached hydrogens (tertiary/aromatic N) is 2. The molecule has 0 bridgehead atoms. The Labute approximate surface area is 181 Å². The Balaban J connectivity index is 1.61. The van der Waals surface area contributed by atoms with Gasteiger partial charge in [0.05, 0.1) is 10.8 Å². The molecule has 1 unspecified atom stereocenters. The van der Waals surface area contributed by atoms with Crippen LogP contribution in [0, 0.1) is 5.92 Å². The van der Waals surface area contributed by atoms with Gasteiger partial charge in [-0.05, 0) is 54.8 Å². The molecule has 0 radical (unpaired) electrons. The highest BCUT2D eigenvalue weighted by Gasteiger charge is 2.33. The molecule has 2 aromatic rings. The van der Waals surface area contributed by atoms with Gasteiger partial charge in [-0.15, -0.1) is 0 Å². The van der Waals surface area contributed by atoms with Crippen molar-refractivity contribution in [3.05, 3.63) is 58.6 Å². The molecule has 0 spiro atoms. The number of rotatable bonds is 6. The van der Waals surface area contributed by atoms with Gasteiger partial charge in [0.2, 0.25) is 15.9 Å². The second kappa shape index (κ2) is 9.28. The summed E-state index contributed by atoms with van der Waals surface area (Å²) < 4.78 is 28.1. The van der Waals surface area contributed by atoms with Crippen LogP contribution in [0.15, 0.2) is 57.9 Å². The van der Waals surface area contributed by atoms with E-state index in [0.29, 0.717) is 25.9 Å². The van der Waals surface area contributed by atoms with E-state index in [2.05, 4.69) is 21.2 Å². The van der Waals surface area contributed by atoms with Gasteiger partial charge in [0.25, 0.3) is 0 Å². The fourth-order valence-corrected chi connectivity index (χ4v) is 5.16. The Morgan fingerprint density at radius 2 is 1.79 bits per heavy atom. The van der Waals surface area contributed by atoms with Gasteiger partial charge in [0, 0.05) is 43.9 Å². The fourth-order valence-electron chi connectivity index (χ4n) is 3.38. The van der Waals surface area contributed by atoms with Crippen molar-refractivity contribution < 1.29 is 13.2 Å². The van der Waals surface area contributed by atoms with Crippen molar-refractivity contribution in [2.75, 3.05) is 32.1 Å². The molecule has 2 aromatic carbocycles. The predicted octanol–water partition coefficient (Wildman–Crippen LogP) is 3.23. The number of nitrogens with one attached hydrogen (secondary N) is 1. The fraction of sp³-hybridized carbons (Fsp3) is 0.381. The zero-order chi connectivity index (χ0) is 21.0. The van der Waals surface area contributed by atoms with E-state index in [1.807, 2.05) is 43.3 Å². The Hall–Kier alpha value is -1.90. The number of amides is 1. The average Bonchev–Trinajstić information content (AvgIpc) is 2.72. The van der Waals surface area contributed by atoms with Crippen LogP contribution in [0.2, 0.25) is 0 Å². The minimum Gasteiger partial charge on any atom is -0.378 e. The van der Waals surface area contributed by atoms with E-state index in [1.165, 1.54) is 4.31 Å². The van der Waals surface area contributed by atoms with Crippen LogP contribution >= 0.6 is 15.9 Å². The van der Waals surface area contributed by atoms with Crippen LogP contribution < -0.4 is 10.2 Å². The normalized spacial score (nSPS) is 17.7. The molecule has 1 aliphatic rings. The minimum atomic E-state index is -3.60. The number of hydrogen-bond acceptors (Lipinski definition) is 4. The molecular weight excluding hydrogens is 454 g/mol. The van der Waals surface area contributed by atoms with E-state index in [-0.39, 0.29) is 23.3 Å². The quantitative estimate of drug-likeness (QED) is 0.690. The summed E-state index contributed by atoms with van der Waals surface area (Å²) in [7, 11) is 0.363. The van der Waals surface area contributed by atoms with Crippen LogP contribution in [0.4, 0.5) is 5.69 Å². The maximum Gasteiger partial charge on any atom is 0.243 e. The molecule has 1 N–H and O–H groups in total. The van der Waals surface area contributed by atoms with Crippen molar-refractivity contribution in [3.8, 4) is 0 Å². The lowest BCUT2D eigenvalue weighted by Gasteiger charge is -2.31. The molecular formula is C21H26BrN3O3S. The van der Waals surface area contributed by atoms with Gasteiger partial charge in [-0.25, -0.2) is 8.42 Å². The van der Waals surface area contributed by atoms with Crippen molar-refractivity contribution in [2.24, 2.45) is 5.92 Å². The third-order valence-corrected chi connectivity index (χ3v) is 7.53. The summed E-state index contributed by atoms with van der Waals surface area (Å²) in [5.41, 5.74) is 2.11. The lowest BCUT2D eigenvalue weighted by molar-refractivity contribution is -0.126. The number of sulfonamides is 1. The van der Waals surface area contributed by atoms with Crippen molar-refractivity contribution >= 4 is 37.5 Å². The maximum atomic E-state index is 12.9. The summed E-state index contributed by atoms with van der Waals surface area (Å²) in [6, 6.07) is 14.6. The van der Waals surface area contributed by atoms with Gasteiger partial charge in [0.15, 0.2) is 0 Å². The molecule has 1 aliphatic heterocycles. The monoisotopic (exact) mass is 479 g/mol. The Morgan fingerprint density at radius 3 is 2.41 bits per heavy atom. The molecule has 0 saturated carbocycles. The first-order valence-electron chi connectivity index (χ1n) is 9.57. The first-order chi connectivity index (χ1) is 13.8. The zero-order valence-electron chi connectivity index (χ0n) is 16.6. The molecule has 8 heteroatoms. The molecule has 1 atom stereocenters. The van der Waals surface area contributed by atoms with Crippen LogP contribution in [-0.4, -0.2) is 45.8 Å². The molecule has 29 heavy (non-hydrogen) atoms. The van der Waals surface area contributed by atoms with Crippen molar-refractivity contribution in [1.82, 2.24) is 9.62 Å². The predicted molar refractivity (Wildman–Crippen MR) is 118 cm³/mol. The number of benzene rings is 2. The SMILES string of the molecule is CN(C)c1ccc(CNC(=O)C2CCCN(S(=O)(=O)c3ccc(Br)cc3)C2)cc1. The largest absolute Gasteiger partial charge is 0.378 e. The summed E-state index contributed by atoms with van der Waals surface area (Å²) in [5, 5.41) is 2.96. The van der Waals surface area contributed by atoms with E-state index in [4.69, 9.17) is 0 Å². The lowest BCUT2D eigenvalue weighted by atomic mass is 9.99. The molecule has 0 aromatic heterocycles. The van der Waals surface area contributed by atoms with Crippen LogP contribution in [0.1, 0.15) is 18.4 Å². The third kappa shape index (κ3) is 5.38. The highest BCUT2D eigenvalue weighted by atomic mass is 79.9. The van der Waals surface area contributed by atoms with E-state index < -0.39 is 10.0 Å². The van der Waals surface area contributed by atoms with Crippen molar-refractivity contribution in [3.63, 3.8) is 0 Å². The van der Waals surface area contributed by atoms with Crippen LogP contribution in [0.3, 0.4) is 0 Å². The first kappa shape index (κ1) is 21.8. The Bertz CT molecular complexity index is 944. The molecule has 156 valence electrons. The number of halogens is 1. The lowest BCUT2D eigenvalue weighted by Crippen LogP contribution is -2.45. The summed E-state index contributed by atoms with van der Waals surface area (Å²) in [6.07, 6.45) is 1.36. The molecule has 1 fully saturated rings. The maximum absolute atomic E-state index is 12.9. The zero-order valence-corrected chi connectivity index (χ0v) is 19.0. The van der Waals surface area contributed by atoms with E-state index in [0.717, 1.165) is 15.7 Å². The van der Waals surface area contributed by atoms with Gasteiger partial charge < -0.3 is 10.2 Å². The third-order valence-electron chi connectivity index (χ3n) is 5.13. The van der Waals surface area contributed by atoms with Crippen LogP contribution in [0.5, 0.6) is 0 Å². The van der Waals surface area contributed by atoms with Crippen molar-refractivity contribution in [2.45, 2.75) is 24.3 Å². The highest BCUT2D eigenvalue weighted by molar-refractivity contribution is 9.10. The summed E-state index contributed by atoms with van der Waals surface area (Å²) in [6.45, 7) is 1.08. The Morgan fingerprint density at radius 1 is 1.14 bits per heavy atom. The van der Waals surface area contributed by atoms with Crippen LogP contribution in [-0.2, 0) is 21.4 Å². The van der Waals surface area contributed by atoms with E-state index >= 15 is 0 Å². The number of piperidine rings is 1. The number of carbonyl (C=O) groups is 1. The molecule has 3 rings (SSSR count). The smallest absolute Gasteiger partial charge is 0.243 e. The number of carbonyl (C=O) groups excluding carboxylic acids is 1. The van der Waals surface area contributed by atoms with Gasteiger partial charge in [0.1, 0.15) is 0 Å². The second-order valence-electron chi connectivity index (χ2n) is 7.43.